The lowest BCUT2D eigenvalue weighted by molar-refractivity contribution is 0.208. The van der Waals surface area contributed by atoms with Crippen LogP contribution in [-0.2, 0) is 0 Å². The van der Waals surface area contributed by atoms with Crippen molar-refractivity contribution < 1.29 is 4.79 Å². The summed E-state index contributed by atoms with van der Waals surface area (Å²) in [7, 11) is 0. The van der Waals surface area contributed by atoms with Gasteiger partial charge in [0.25, 0.3) is 0 Å². The Morgan fingerprint density at radius 2 is 1.68 bits per heavy atom. The summed E-state index contributed by atoms with van der Waals surface area (Å²) in [5, 5.41) is 3.03. The summed E-state index contributed by atoms with van der Waals surface area (Å²) >= 11 is 3.45. The van der Waals surface area contributed by atoms with E-state index in [2.05, 4.69) is 58.2 Å². The molecule has 1 saturated heterocycles. The number of anilines is 2. The average molecular weight is 402 g/mol. The number of urea groups is 1. The van der Waals surface area contributed by atoms with Crippen LogP contribution in [0.3, 0.4) is 0 Å². The molecule has 1 aliphatic heterocycles. The second-order valence-electron chi connectivity index (χ2n) is 6.65. The van der Waals surface area contributed by atoms with Crippen LogP contribution in [0.25, 0.3) is 0 Å². The van der Waals surface area contributed by atoms with E-state index in [4.69, 9.17) is 0 Å². The van der Waals surface area contributed by atoms with Gasteiger partial charge in [0.1, 0.15) is 0 Å². The Kier molecular flexibility index (Phi) is 5.33. The first-order valence-electron chi connectivity index (χ1n) is 8.58. The van der Waals surface area contributed by atoms with Gasteiger partial charge in [-0.25, -0.2) is 4.79 Å². The van der Waals surface area contributed by atoms with Crippen LogP contribution in [0.5, 0.6) is 0 Å². The van der Waals surface area contributed by atoms with Crippen LogP contribution in [0.2, 0.25) is 0 Å². The van der Waals surface area contributed by atoms with Crippen molar-refractivity contribution in [3.63, 3.8) is 0 Å². The highest BCUT2D eigenvalue weighted by atomic mass is 79.9. The van der Waals surface area contributed by atoms with E-state index < -0.39 is 0 Å². The van der Waals surface area contributed by atoms with Gasteiger partial charge in [-0.15, -0.1) is 0 Å². The van der Waals surface area contributed by atoms with Crippen molar-refractivity contribution >= 4 is 33.3 Å². The number of hydrogen-bond acceptors (Lipinski definition) is 2. The summed E-state index contributed by atoms with van der Waals surface area (Å²) in [5.74, 6) is 0. The molecule has 2 aromatic carbocycles. The number of amides is 2. The zero-order valence-electron chi connectivity index (χ0n) is 15.0. The minimum atomic E-state index is -0.0225. The van der Waals surface area contributed by atoms with E-state index in [1.165, 1.54) is 16.8 Å². The van der Waals surface area contributed by atoms with E-state index in [1.807, 2.05) is 30.0 Å². The summed E-state index contributed by atoms with van der Waals surface area (Å²) in [4.78, 5) is 16.8. The summed E-state index contributed by atoms with van der Waals surface area (Å²) in [6, 6.07) is 12.4. The van der Waals surface area contributed by atoms with Gasteiger partial charge in [0.15, 0.2) is 0 Å². The van der Waals surface area contributed by atoms with E-state index in [-0.39, 0.29) is 6.03 Å². The van der Waals surface area contributed by atoms with Gasteiger partial charge in [-0.1, -0.05) is 33.6 Å². The van der Waals surface area contributed by atoms with Crippen LogP contribution in [0, 0.1) is 20.8 Å². The standard InChI is InChI=1S/C20H24BrN3O/c1-14-4-7-19(16(3)12-14)23-8-10-24(11-9-23)20(25)22-18-6-5-17(21)13-15(18)2/h4-7,12-13H,8-11H2,1-3H3,(H,22,25). The molecule has 1 fully saturated rings. The topological polar surface area (TPSA) is 35.6 Å². The minimum Gasteiger partial charge on any atom is -0.368 e. The molecule has 132 valence electrons. The Morgan fingerprint density at radius 3 is 2.32 bits per heavy atom. The smallest absolute Gasteiger partial charge is 0.321 e. The number of aryl methyl sites for hydroxylation is 3. The van der Waals surface area contributed by atoms with Crippen LogP contribution in [0.15, 0.2) is 40.9 Å². The Labute approximate surface area is 158 Å². The van der Waals surface area contributed by atoms with Crippen LogP contribution in [0.4, 0.5) is 16.2 Å². The lowest BCUT2D eigenvalue weighted by Crippen LogP contribution is -2.50. The summed E-state index contributed by atoms with van der Waals surface area (Å²) < 4.78 is 1.02. The highest BCUT2D eigenvalue weighted by molar-refractivity contribution is 9.10. The average Bonchev–Trinajstić information content (AvgIpc) is 2.57. The lowest BCUT2D eigenvalue weighted by atomic mass is 10.1. The molecule has 0 aromatic heterocycles. The molecule has 0 saturated carbocycles. The molecule has 1 heterocycles. The molecule has 0 radical (unpaired) electrons. The van der Waals surface area contributed by atoms with E-state index in [0.717, 1.165) is 41.9 Å². The maximum Gasteiger partial charge on any atom is 0.321 e. The number of hydrogen-bond donors (Lipinski definition) is 1. The van der Waals surface area contributed by atoms with E-state index in [0.29, 0.717) is 0 Å². The monoisotopic (exact) mass is 401 g/mol. The largest absolute Gasteiger partial charge is 0.368 e. The van der Waals surface area contributed by atoms with Crippen molar-refractivity contribution in [1.82, 2.24) is 4.90 Å². The fourth-order valence-electron chi connectivity index (χ4n) is 3.27. The number of rotatable bonds is 2. The molecule has 4 nitrogen and oxygen atoms in total. The molecule has 0 spiro atoms. The maximum absolute atomic E-state index is 12.5. The molecule has 2 aromatic rings. The molecule has 1 N–H and O–H groups in total. The van der Waals surface area contributed by atoms with Crippen molar-refractivity contribution in [2.75, 3.05) is 36.4 Å². The molecule has 0 atom stereocenters. The summed E-state index contributed by atoms with van der Waals surface area (Å²) in [6.45, 7) is 9.44. The van der Waals surface area contributed by atoms with Crippen LogP contribution < -0.4 is 10.2 Å². The zero-order valence-corrected chi connectivity index (χ0v) is 16.6. The number of piperazine rings is 1. The van der Waals surface area contributed by atoms with Gasteiger partial charge in [-0.3, -0.25) is 0 Å². The Hall–Kier alpha value is -2.01. The van der Waals surface area contributed by atoms with Crippen molar-refractivity contribution in [3.8, 4) is 0 Å². The third-order valence-electron chi connectivity index (χ3n) is 4.69. The van der Waals surface area contributed by atoms with Crippen LogP contribution in [0.1, 0.15) is 16.7 Å². The van der Waals surface area contributed by atoms with Gasteiger partial charge < -0.3 is 15.1 Å². The third-order valence-corrected chi connectivity index (χ3v) is 5.18. The predicted molar refractivity (Wildman–Crippen MR) is 108 cm³/mol. The molecule has 0 unspecified atom stereocenters. The third kappa shape index (κ3) is 4.15. The zero-order chi connectivity index (χ0) is 18.0. The molecule has 3 rings (SSSR count). The Balaban J connectivity index is 1.60. The number of nitrogens with one attached hydrogen (secondary N) is 1. The van der Waals surface area contributed by atoms with Gasteiger partial charge in [0.2, 0.25) is 0 Å². The lowest BCUT2D eigenvalue weighted by Gasteiger charge is -2.36. The SMILES string of the molecule is Cc1ccc(N2CCN(C(=O)Nc3ccc(Br)cc3C)CC2)c(C)c1. The molecule has 0 aliphatic carbocycles. The van der Waals surface area contributed by atoms with E-state index in [9.17, 15) is 4.79 Å². The van der Waals surface area contributed by atoms with E-state index >= 15 is 0 Å². The van der Waals surface area contributed by atoms with Gasteiger partial charge in [0, 0.05) is 42.0 Å². The second-order valence-corrected chi connectivity index (χ2v) is 7.57. The number of halogens is 1. The van der Waals surface area contributed by atoms with Crippen molar-refractivity contribution in [2.24, 2.45) is 0 Å². The second kappa shape index (κ2) is 7.48. The predicted octanol–water partition coefficient (Wildman–Crippen LogP) is 4.73. The quantitative estimate of drug-likeness (QED) is 0.789. The normalized spacial score (nSPS) is 14.6. The van der Waals surface area contributed by atoms with Gasteiger partial charge in [-0.05, 0) is 56.2 Å². The minimum absolute atomic E-state index is 0.0225. The Morgan fingerprint density at radius 1 is 0.960 bits per heavy atom. The van der Waals surface area contributed by atoms with Gasteiger partial charge >= 0.3 is 6.03 Å². The Bertz CT molecular complexity index is 783. The first-order chi connectivity index (χ1) is 11.9. The van der Waals surface area contributed by atoms with Gasteiger partial charge in [-0.2, -0.15) is 0 Å². The van der Waals surface area contributed by atoms with Crippen LogP contribution >= 0.6 is 15.9 Å². The number of carbonyl (C=O) groups excluding carboxylic acids is 1. The van der Waals surface area contributed by atoms with Crippen molar-refractivity contribution in [2.45, 2.75) is 20.8 Å². The van der Waals surface area contributed by atoms with Crippen molar-refractivity contribution in [3.05, 3.63) is 57.6 Å². The van der Waals surface area contributed by atoms with Crippen LogP contribution in [-0.4, -0.2) is 37.1 Å². The van der Waals surface area contributed by atoms with Crippen molar-refractivity contribution in [1.29, 1.82) is 0 Å². The maximum atomic E-state index is 12.5. The van der Waals surface area contributed by atoms with Gasteiger partial charge in [0.05, 0.1) is 0 Å². The molecule has 5 heteroatoms. The molecular formula is C20H24BrN3O. The molecule has 0 bridgehead atoms. The highest BCUT2D eigenvalue weighted by Crippen LogP contribution is 2.23. The first kappa shape index (κ1) is 17.8. The number of carbonyl (C=O) groups is 1. The highest BCUT2D eigenvalue weighted by Gasteiger charge is 2.22. The molecule has 25 heavy (non-hydrogen) atoms. The number of nitrogens with zero attached hydrogens (tertiary/aromatic N) is 2. The molecular weight excluding hydrogens is 378 g/mol. The first-order valence-corrected chi connectivity index (χ1v) is 9.37. The fraction of sp³-hybridized carbons (Fsp3) is 0.350. The summed E-state index contributed by atoms with van der Waals surface area (Å²) in [5.41, 5.74) is 5.77. The molecule has 1 aliphatic rings. The van der Waals surface area contributed by atoms with E-state index in [1.54, 1.807) is 0 Å². The fourth-order valence-corrected chi connectivity index (χ4v) is 3.75. The number of benzene rings is 2. The molecule has 2 amide bonds. The summed E-state index contributed by atoms with van der Waals surface area (Å²) in [6.07, 6.45) is 0.